The number of carbonyl (C=O) groups is 1. The molecule has 0 aliphatic rings. The van der Waals surface area contributed by atoms with Gasteiger partial charge in [0.1, 0.15) is 0 Å². The third-order valence-corrected chi connectivity index (χ3v) is 3.45. The number of benzene rings is 2. The molecular weight excluding hydrogens is 438 g/mol. The van der Waals surface area contributed by atoms with E-state index in [0.29, 0.717) is 18.1 Å². The average molecular weight is 457 g/mol. The van der Waals surface area contributed by atoms with Gasteiger partial charge in [-0.15, -0.1) is 34.0 Å². The first-order valence-corrected chi connectivity index (χ1v) is 7.18. The van der Waals surface area contributed by atoms with Crippen LogP contribution in [-0.2, 0) is 6.54 Å². The highest BCUT2D eigenvalue weighted by molar-refractivity contribution is 8.93. The van der Waals surface area contributed by atoms with Crippen molar-refractivity contribution >= 4 is 56.7 Å². The number of aliphatic hydroxyl groups excluding tert-OH is 1. The third kappa shape index (κ3) is 4.43. The number of nitrogens with zero attached hydrogens (tertiary/aromatic N) is 2. The Bertz CT molecular complexity index is 791. The van der Waals surface area contributed by atoms with Crippen LogP contribution in [0.3, 0.4) is 0 Å². The van der Waals surface area contributed by atoms with Crippen LogP contribution in [0, 0.1) is 0 Å². The second-order valence-corrected chi connectivity index (χ2v) is 4.95. The van der Waals surface area contributed by atoms with Crippen LogP contribution in [0.15, 0.2) is 54.6 Å². The van der Waals surface area contributed by atoms with E-state index in [4.69, 9.17) is 5.11 Å². The molecule has 0 bridgehead atoms. The van der Waals surface area contributed by atoms with Crippen LogP contribution in [0.5, 0.6) is 0 Å². The van der Waals surface area contributed by atoms with E-state index in [1.807, 2.05) is 59.2 Å². The Morgan fingerprint density at radius 3 is 2.42 bits per heavy atom. The number of Topliss-reactive ketones (excluding diaryl/α,β-unsaturated/α-hetero) is 1. The molecule has 3 aromatic rings. The highest BCUT2D eigenvalue weighted by atomic mass is 79.9. The molecule has 0 amide bonds. The zero-order chi connectivity index (χ0) is 15.4. The fourth-order valence-electron chi connectivity index (χ4n) is 2.40. The number of hydrogen-bond acceptors (Lipinski definition) is 4. The van der Waals surface area contributed by atoms with Crippen molar-refractivity contribution < 1.29 is 9.90 Å². The average Bonchev–Trinajstić information content (AvgIpc) is 2.91. The smallest absolute Gasteiger partial charge is 0.204 e. The zero-order valence-corrected chi connectivity index (χ0v) is 16.3. The molecule has 1 heterocycles. The number of imidazole rings is 1. The summed E-state index contributed by atoms with van der Waals surface area (Å²) >= 11 is 0. The van der Waals surface area contributed by atoms with Gasteiger partial charge in [0.25, 0.3) is 0 Å². The van der Waals surface area contributed by atoms with Crippen molar-refractivity contribution in [3.63, 3.8) is 0 Å². The highest BCUT2D eigenvalue weighted by Crippen LogP contribution is 2.20. The van der Waals surface area contributed by atoms with Crippen molar-refractivity contribution in [3.05, 3.63) is 60.2 Å². The SMILES string of the molecule is Br.Br.O=C(Cn1c(NCCO)nc2ccccc21)c1ccccc1. The molecule has 0 atom stereocenters. The van der Waals surface area contributed by atoms with Gasteiger partial charge in [-0.25, -0.2) is 4.98 Å². The molecule has 128 valence electrons. The number of fused-ring (bicyclic) bond motifs is 1. The largest absolute Gasteiger partial charge is 0.395 e. The fraction of sp³-hybridized carbons (Fsp3) is 0.176. The van der Waals surface area contributed by atoms with E-state index in [-0.39, 0.29) is 52.9 Å². The van der Waals surface area contributed by atoms with Gasteiger partial charge in [0, 0.05) is 12.1 Å². The molecule has 0 aliphatic heterocycles. The summed E-state index contributed by atoms with van der Waals surface area (Å²) in [7, 11) is 0. The molecule has 24 heavy (non-hydrogen) atoms. The predicted molar refractivity (Wildman–Crippen MR) is 107 cm³/mol. The first kappa shape index (κ1) is 20.3. The first-order valence-electron chi connectivity index (χ1n) is 7.18. The van der Waals surface area contributed by atoms with Crippen LogP contribution in [0.1, 0.15) is 10.4 Å². The van der Waals surface area contributed by atoms with Gasteiger partial charge in [0.05, 0.1) is 24.2 Å². The Hall–Kier alpha value is -1.70. The maximum Gasteiger partial charge on any atom is 0.204 e. The molecule has 0 unspecified atom stereocenters. The van der Waals surface area contributed by atoms with Gasteiger partial charge >= 0.3 is 0 Å². The molecule has 0 radical (unpaired) electrons. The number of para-hydroxylation sites is 2. The van der Waals surface area contributed by atoms with Crippen LogP contribution >= 0.6 is 34.0 Å². The Morgan fingerprint density at radius 2 is 1.71 bits per heavy atom. The van der Waals surface area contributed by atoms with Crippen molar-refractivity contribution in [1.82, 2.24) is 9.55 Å². The van der Waals surface area contributed by atoms with E-state index in [1.165, 1.54) is 0 Å². The van der Waals surface area contributed by atoms with Crippen molar-refractivity contribution in [2.45, 2.75) is 6.54 Å². The summed E-state index contributed by atoms with van der Waals surface area (Å²) in [5, 5.41) is 12.0. The minimum Gasteiger partial charge on any atom is -0.395 e. The van der Waals surface area contributed by atoms with Gasteiger partial charge in [-0.2, -0.15) is 0 Å². The molecule has 1 aromatic heterocycles. The van der Waals surface area contributed by atoms with E-state index in [9.17, 15) is 4.79 Å². The number of nitrogens with one attached hydrogen (secondary N) is 1. The molecular formula is C17H19Br2N3O2. The molecule has 2 N–H and O–H groups in total. The molecule has 0 fully saturated rings. The van der Waals surface area contributed by atoms with Gasteiger partial charge in [-0.1, -0.05) is 42.5 Å². The van der Waals surface area contributed by atoms with Crippen molar-refractivity contribution in [2.75, 3.05) is 18.5 Å². The Morgan fingerprint density at radius 1 is 1.04 bits per heavy atom. The minimum atomic E-state index is 0. The molecule has 0 aliphatic carbocycles. The second kappa shape index (κ2) is 9.56. The standard InChI is InChI=1S/C17H17N3O2.2BrH/c21-11-10-18-17-19-14-8-4-5-9-15(14)20(17)12-16(22)13-6-2-1-3-7-13;;/h1-9,21H,10-12H2,(H,18,19);2*1H. The number of aliphatic hydroxyl groups is 1. The van der Waals surface area contributed by atoms with E-state index in [0.717, 1.165) is 11.0 Å². The number of carbonyl (C=O) groups excluding carboxylic acids is 1. The number of halogens is 2. The Labute approximate surface area is 161 Å². The van der Waals surface area contributed by atoms with Gasteiger partial charge < -0.3 is 15.0 Å². The Balaban J connectivity index is 0.00000144. The van der Waals surface area contributed by atoms with Crippen molar-refractivity contribution in [1.29, 1.82) is 0 Å². The van der Waals surface area contributed by atoms with Crippen LogP contribution in [0.4, 0.5) is 5.95 Å². The number of aromatic nitrogens is 2. The third-order valence-electron chi connectivity index (χ3n) is 3.45. The summed E-state index contributed by atoms with van der Waals surface area (Å²) < 4.78 is 1.85. The lowest BCUT2D eigenvalue weighted by atomic mass is 10.1. The molecule has 2 aromatic carbocycles. The zero-order valence-electron chi connectivity index (χ0n) is 12.9. The van der Waals surface area contributed by atoms with Gasteiger partial charge in [-0.05, 0) is 12.1 Å². The number of anilines is 1. The number of ketones is 1. The topological polar surface area (TPSA) is 67.2 Å². The summed E-state index contributed by atoms with van der Waals surface area (Å²) in [6.45, 7) is 0.608. The first-order chi connectivity index (χ1) is 10.8. The summed E-state index contributed by atoms with van der Waals surface area (Å²) in [5.74, 6) is 0.621. The van der Waals surface area contributed by atoms with Gasteiger partial charge in [0.15, 0.2) is 5.78 Å². The summed E-state index contributed by atoms with van der Waals surface area (Å²) in [6, 6.07) is 16.9. The van der Waals surface area contributed by atoms with E-state index < -0.39 is 0 Å². The lowest BCUT2D eigenvalue weighted by Crippen LogP contribution is -2.15. The lowest BCUT2D eigenvalue weighted by molar-refractivity contribution is 0.0974. The summed E-state index contributed by atoms with van der Waals surface area (Å²) in [5.41, 5.74) is 2.39. The van der Waals surface area contributed by atoms with Crippen LogP contribution in [0.25, 0.3) is 11.0 Å². The van der Waals surface area contributed by atoms with Crippen LogP contribution in [0.2, 0.25) is 0 Å². The molecule has 3 rings (SSSR count). The van der Waals surface area contributed by atoms with Crippen LogP contribution < -0.4 is 5.32 Å². The van der Waals surface area contributed by atoms with Crippen molar-refractivity contribution in [3.8, 4) is 0 Å². The quantitative estimate of drug-likeness (QED) is 0.557. The van der Waals surface area contributed by atoms with Gasteiger partial charge in [-0.3, -0.25) is 4.79 Å². The normalized spacial score (nSPS) is 9.88. The van der Waals surface area contributed by atoms with Crippen LogP contribution in [-0.4, -0.2) is 33.6 Å². The maximum atomic E-state index is 12.5. The number of hydrogen-bond donors (Lipinski definition) is 2. The fourth-order valence-corrected chi connectivity index (χ4v) is 2.40. The lowest BCUT2D eigenvalue weighted by Gasteiger charge is -2.09. The molecule has 5 nitrogen and oxygen atoms in total. The monoisotopic (exact) mass is 455 g/mol. The highest BCUT2D eigenvalue weighted by Gasteiger charge is 2.14. The molecule has 0 saturated heterocycles. The number of rotatable bonds is 6. The summed E-state index contributed by atoms with van der Waals surface area (Å²) in [6.07, 6.45) is 0. The van der Waals surface area contributed by atoms with E-state index in [1.54, 1.807) is 0 Å². The maximum absolute atomic E-state index is 12.5. The second-order valence-electron chi connectivity index (χ2n) is 4.95. The van der Waals surface area contributed by atoms with Gasteiger partial charge in [0.2, 0.25) is 5.95 Å². The molecule has 0 spiro atoms. The predicted octanol–water partition coefficient (Wildman–Crippen LogP) is 3.48. The van der Waals surface area contributed by atoms with E-state index in [2.05, 4.69) is 10.3 Å². The van der Waals surface area contributed by atoms with E-state index >= 15 is 0 Å². The minimum absolute atomic E-state index is 0. The molecule has 7 heteroatoms. The molecule has 0 saturated carbocycles. The summed E-state index contributed by atoms with van der Waals surface area (Å²) in [4.78, 5) is 16.9. The van der Waals surface area contributed by atoms with Crippen molar-refractivity contribution in [2.24, 2.45) is 0 Å². The Kier molecular flexibility index (Phi) is 8.10.